The number of rotatable bonds is 4. The van der Waals surface area contributed by atoms with Crippen LogP contribution in [0.25, 0.3) is 0 Å². The second-order valence-corrected chi connectivity index (χ2v) is 14.7. The maximum atomic E-state index is 12.7. The van der Waals surface area contributed by atoms with Crippen LogP contribution in [0.5, 0.6) is 0 Å². The van der Waals surface area contributed by atoms with E-state index in [0.717, 1.165) is 12.5 Å². The van der Waals surface area contributed by atoms with Crippen LogP contribution in [0.2, 0.25) is 0 Å². The maximum absolute atomic E-state index is 12.7. The third kappa shape index (κ3) is 5.22. The number of fused-ring (bicyclic) bond motifs is 1. The van der Waals surface area contributed by atoms with Crippen molar-refractivity contribution in [3.63, 3.8) is 0 Å². The average Bonchev–Trinajstić information content (AvgIpc) is 3.08. The molecule has 13 heteroatoms. The van der Waals surface area contributed by atoms with E-state index in [1.807, 2.05) is 27.7 Å². The monoisotopic (exact) mass is 516 g/mol. The lowest BCUT2D eigenvalue weighted by Gasteiger charge is -2.32. The second kappa shape index (κ2) is 8.11. The molecule has 10 nitrogen and oxygen atoms in total. The second-order valence-electron chi connectivity index (χ2n) is 10.8. The van der Waals surface area contributed by atoms with E-state index in [2.05, 4.69) is 0 Å². The molecule has 0 atom stereocenters. The Hall–Kier alpha value is -1.83. The van der Waals surface area contributed by atoms with Crippen LogP contribution in [-0.2, 0) is 47.2 Å². The molecule has 0 aromatic heterocycles. The fourth-order valence-electron chi connectivity index (χ4n) is 3.90. The standard InChI is InChI=1S/C21H33BN2O8S2/c1-19(2,3)30-18(25)23-12-14-10-15(24(33(8,26)27)34(9,28)29)11-17(16(14)13-23)22-31-20(4,5)21(6,7)32-22/h10-11H,12-13H2,1-9H3. The van der Waals surface area contributed by atoms with Crippen LogP contribution in [0.4, 0.5) is 10.5 Å². The quantitative estimate of drug-likeness (QED) is 0.558. The molecule has 3 rings (SSSR count). The number of carbonyl (C=O) groups excluding carboxylic acids is 1. The van der Waals surface area contributed by atoms with Crippen LogP contribution in [-0.4, -0.2) is 64.3 Å². The van der Waals surface area contributed by atoms with Crippen molar-refractivity contribution in [2.75, 3.05) is 16.2 Å². The minimum atomic E-state index is -4.17. The SMILES string of the molecule is CC(C)(C)OC(=O)N1Cc2cc(N(S(C)(=O)=O)S(C)(=O)=O)cc(B3OC(C)(C)C(C)(C)O3)c2C1. The van der Waals surface area contributed by atoms with Gasteiger partial charge in [-0.25, -0.2) is 21.6 Å². The van der Waals surface area contributed by atoms with Gasteiger partial charge in [-0.2, -0.15) is 3.71 Å². The Morgan fingerprint density at radius 3 is 1.94 bits per heavy atom. The summed E-state index contributed by atoms with van der Waals surface area (Å²) >= 11 is 0. The largest absolute Gasteiger partial charge is 0.495 e. The molecule has 190 valence electrons. The van der Waals surface area contributed by atoms with Crippen LogP contribution in [0.1, 0.15) is 59.6 Å². The number of carbonyl (C=O) groups is 1. The van der Waals surface area contributed by atoms with E-state index in [9.17, 15) is 21.6 Å². The first-order valence-electron chi connectivity index (χ1n) is 10.8. The van der Waals surface area contributed by atoms with Crippen LogP contribution < -0.4 is 9.17 Å². The van der Waals surface area contributed by atoms with Crippen LogP contribution in [0.3, 0.4) is 0 Å². The van der Waals surface area contributed by atoms with Gasteiger partial charge in [-0.3, -0.25) is 4.90 Å². The zero-order chi connectivity index (χ0) is 26.1. The van der Waals surface area contributed by atoms with Crippen molar-refractivity contribution in [2.45, 2.75) is 78.4 Å². The predicted octanol–water partition coefficient (Wildman–Crippen LogP) is 1.96. The van der Waals surface area contributed by atoms with Crippen molar-refractivity contribution in [1.29, 1.82) is 0 Å². The first-order valence-corrected chi connectivity index (χ1v) is 14.5. The van der Waals surface area contributed by atoms with Gasteiger partial charge in [-0.05, 0) is 77.2 Å². The number of ether oxygens (including phenoxy) is 1. The number of hydrogen-bond donors (Lipinski definition) is 0. The Morgan fingerprint density at radius 2 is 1.50 bits per heavy atom. The van der Waals surface area contributed by atoms with Gasteiger partial charge < -0.3 is 14.0 Å². The molecule has 1 aromatic rings. The van der Waals surface area contributed by atoms with E-state index >= 15 is 0 Å². The van der Waals surface area contributed by atoms with Gasteiger partial charge in [0.1, 0.15) is 5.60 Å². The lowest BCUT2D eigenvalue weighted by molar-refractivity contribution is 0.00578. The Kier molecular flexibility index (Phi) is 6.38. The molecule has 0 spiro atoms. The minimum absolute atomic E-state index is 0.0699. The van der Waals surface area contributed by atoms with E-state index in [1.165, 1.54) is 17.0 Å². The number of benzene rings is 1. The molecule has 0 saturated carbocycles. The summed E-state index contributed by atoms with van der Waals surface area (Å²) in [5.74, 6) is 0. The average molecular weight is 516 g/mol. The highest BCUT2D eigenvalue weighted by molar-refractivity contribution is 8.09. The molecule has 1 saturated heterocycles. The molecule has 0 N–H and O–H groups in total. The summed E-state index contributed by atoms with van der Waals surface area (Å²) in [6.45, 7) is 13.1. The molecular formula is C21H33BN2O8S2. The third-order valence-electron chi connectivity index (χ3n) is 6.04. The minimum Gasteiger partial charge on any atom is -0.444 e. The Morgan fingerprint density at radius 1 is 1.00 bits per heavy atom. The van der Waals surface area contributed by atoms with E-state index in [1.54, 1.807) is 20.8 Å². The van der Waals surface area contributed by atoms with E-state index in [-0.39, 0.29) is 18.8 Å². The van der Waals surface area contributed by atoms with Gasteiger partial charge in [0.25, 0.3) is 0 Å². The molecule has 0 aliphatic carbocycles. The number of sulfonamides is 2. The van der Waals surface area contributed by atoms with E-state index in [4.69, 9.17) is 14.0 Å². The molecule has 1 amide bonds. The summed E-state index contributed by atoms with van der Waals surface area (Å²) < 4.78 is 68.0. The molecule has 0 bridgehead atoms. The van der Waals surface area contributed by atoms with E-state index in [0.29, 0.717) is 20.3 Å². The van der Waals surface area contributed by atoms with Gasteiger partial charge in [0.2, 0.25) is 20.0 Å². The van der Waals surface area contributed by atoms with Gasteiger partial charge in [0.05, 0.1) is 29.4 Å². The smallest absolute Gasteiger partial charge is 0.444 e. The normalized spacial score (nSPS) is 19.8. The Balaban J connectivity index is 2.15. The van der Waals surface area contributed by atoms with Crippen molar-refractivity contribution in [3.05, 3.63) is 23.3 Å². The first kappa shape index (κ1) is 26.8. The summed E-state index contributed by atoms with van der Waals surface area (Å²) in [7, 11) is -9.24. The maximum Gasteiger partial charge on any atom is 0.495 e. The molecule has 2 heterocycles. The van der Waals surface area contributed by atoms with Crippen molar-refractivity contribution in [2.24, 2.45) is 0 Å². The summed E-state index contributed by atoms with van der Waals surface area (Å²) in [4.78, 5) is 14.2. The summed E-state index contributed by atoms with van der Waals surface area (Å²) in [6.07, 6.45) is 1.11. The zero-order valence-electron chi connectivity index (χ0n) is 21.1. The highest BCUT2D eigenvalue weighted by Crippen LogP contribution is 2.38. The molecule has 0 unspecified atom stereocenters. The molecule has 1 fully saturated rings. The van der Waals surface area contributed by atoms with Gasteiger partial charge in [0.15, 0.2) is 0 Å². The number of nitrogens with zero attached hydrogens (tertiary/aromatic N) is 2. The Labute approximate surface area is 202 Å². The summed E-state index contributed by atoms with van der Waals surface area (Å²) in [5.41, 5.74) is -0.376. The fraction of sp³-hybridized carbons (Fsp3) is 0.667. The summed E-state index contributed by atoms with van der Waals surface area (Å²) in [5, 5.41) is 0. The molecule has 1 aromatic carbocycles. The van der Waals surface area contributed by atoms with Crippen molar-refractivity contribution in [3.8, 4) is 0 Å². The highest BCUT2D eigenvalue weighted by Gasteiger charge is 2.53. The van der Waals surface area contributed by atoms with Gasteiger partial charge >= 0.3 is 13.2 Å². The van der Waals surface area contributed by atoms with Gasteiger partial charge in [-0.15, -0.1) is 0 Å². The van der Waals surface area contributed by atoms with E-state index < -0.39 is 50.1 Å². The summed E-state index contributed by atoms with van der Waals surface area (Å²) in [6, 6.07) is 2.91. The van der Waals surface area contributed by atoms with Crippen molar-refractivity contribution >= 4 is 44.4 Å². The van der Waals surface area contributed by atoms with Crippen molar-refractivity contribution < 1.29 is 35.7 Å². The lowest BCUT2D eigenvalue weighted by Crippen LogP contribution is -2.41. The molecular weight excluding hydrogens is 483 g/mol. The van der Waals surface area contributed by atoms with Gasteiger partial charge in [0, 0.05) is 13.1 Å². The van der Waals surface area contributed by atoms with Crippen molar-refractivity contribution in [1.82, 2.24) is 4.90 Å². The lowest BCUT2D eigenvalue weighted by atomic mass is 9.75. The molecule has 2 aliphatic rings. The number of hydrogen-bond acceptors (Lipinski definition) is 8. The predicted molar refractivity (Wildman–Crippen MR) is 130 cm³/mol. The van der Waals surface area contributed by atoms with Crippen LogP contribution >= 0.6 is 0 Å². The van der Waals surface area contributed by atoms with Crippen LogP contribution in [0.15, 0.2) is 12.1 Å². The number of amides is 1. The fourth-order valence-corrected chi connectivity index (χ4v) is 6.84. The number of anilines is 1. The van der Waals surface area contributed by atoms with Gasteiger partial charge in [-0.1, -0.05) is 0 Å². The third-order valence-corrected chi connectivity index (χ3v) is 9.30. The highest BCUT2D eigenvalue weighted by atomic mass is 32.3. The first-order chi connectivity index (χ1) is 15.1. The molecule has 2 aliphatic heterocycles. The molecule has 0 radical (unpaired) electrons. The topological polar surface area (TPSA) is 120 Å². The Bertz CT molecular complexity index is 1170. The molecule has 34 heavy (non-hydrogen) atoms. The van der Waals surface area contributed by atoms with Crippen LogP contribution in [0, 0.1) is 0 Å². The zero-order valence-corrected chi connectivity index (χ0v) is 22.8.